The number of nitrogens with one attached hydrogen (secondary N) is 1. The highest BCUT2D eigenvalue weighted by atomic mass is 35.5. The number of aromatic nitrogens is 1. The quantitative estimate of drug-likeness (QED) is 0.499. The van der Waals surface area contributed by atoms with Gasteiger partial charge in [-0.05, 0) is 61.2 Å². The molecule has 0 amide bonds. The number of hydrogen-bond donors (Lipinski definition) is 2. The van der Waals surface area contributed by atoms with Gasteiger partial charge in [0.15, 0.2) is 5.78 Å². The van der Waals surface area contributed by atoms with Gasteiger partial charge >= 0.3 is 12.3 Å². The van der Waals surface area contributed by atoms with Crippen molar-refractivity contribution in [2.45, 2.75) is 32.2 Å². The Morgan fingerprint density at radius 2 is 1.81 bits per heavy atom. The summed E-state index contributed by atoms with van der Waals surface area (Å²) >= 11 is 6.07. The van der Waals surface area contributed by atoms with Crippen LogP contribution in [0.1, 0.15) is 41.9 Å². The van der Waals surface area contributed by atoms with E-state index in [0.29, 0.717) is 10.6 Å². The maximum Gasteiger partial charge on any atom is 0.373 e. The number of halogens is 1. The van der Waals surface area contributed by atoms with Gasteiger partial charge in [-0.1, -0.05) is 36.7 Å². The first-order valence-corrected chi connectivity index (χ1v) is 11.5. The highest BCUT2D eigenvalue weighted by Crippen LogP contribution is 2.48. The van der Waals surface area contributed by atoms with Crippen LogP contribution in [0.5, 0.6) is 5.75 Å². The third kappa shape index (κ3) is 4.53. The molecule has 0 aliphatic carbocycles. The molecule has 3 aromatic rings. The fraction of sp³-hybridized carbons (Fsp3) is 0.222. The summed E-state index contributed by atoms with van der Waals surface area (Å²) in [6.45, 7) is 5.11. The molecule has 8 nitrogen and oxygen atoms in total. The van der Waals surface area contributed by atoms with Gasteiger partial charge < -0.3 is 15.0 Å². The van der Waals surface area contributed by atoms with Crippen molar-refractivity contribution in [3.8, 4) is 5.75 Å². The Labute approximate surface area is 211 Å². The molecule has 2 N–H and O–H groups in total. The van der Waals surface area contributed by atoms with Crippen molar-refractivity contribution in [1.82, 2.24) is 9.88 Å². The molecule has 1 unspecified atom stereocenters. The van der Waals surface area contributed by atoms with E-state index in [0.717, 1.165) is 30.5 Å². The smallest absolute Gasteiger partial charge is 0.373 e. The third-order valence-electron chi connectivity index (χ3n) is 6.62. The molecule has 184 valence electrons. The lowest BCUT2D eigenvalue weighted by atomic mass is 9.75. The van der Waals surface area contributed by atoms with Gasteiger partial charge in [0.2, 0.25) is 0 Å². The number of Topliss-reactive ketones (excluding diaryl/α,β-unsaturated/α-hetero) is 1. The summed E-state index contributed by atoms with van der Waals surface area (Å²) in [4.78, 5) is 51.7. The van der Waals surface area contributed by atoms with Gasteiger partial charge in [-0.3, -0.25) is 4.79 Å². The van der Waals surface area contributed by atoms with E-state index in [1.54, 1.807) is 6.07 Å². The summed E-state index contributed by atoms with van der Waals surface area (Å²) < 4.78 is 0. The number of ketones is 1. The number of rotatable bonds is 3. The van der Waals surface area contributed by atoms with E-state index >= 15 is 0 Å². The standard InChI is InChI=1S/C25H23ClN2O2.2CO2/c1-3-25-15(2)12-16(23(30)20-13-17(26)8-9-22(20)29)14-28(25)11-10-19-18-6-4-5-7-21(18)27-24(19)25;2*2-1-3/h4-9,12-14,27,29H,3,10-11H2,1-2H3;;. The number of allylic oxidation sites excluding steroid dienone is 2. The molecule has 0 spiro atoms. The van der Waals surface area contributed by atoms with Crippen LogP contribution in [0.4, 0.5) is 0 Å². The lowest BCUT2D eigenvalue weighted by Crippen LogP contribution is -2.50. The first-order valence-electron chi connectivity index (χ1n) is 11.1. The second-order valence-corrected chi connectivity index (χ2v) is 8.69. The van der Waals surface area contributed by atoms with Crippen molar-refractivity contribution in [3.05, 3.63) is 87.7 Å². The van der Waals surface area contributed by atoms with Gasteiger partial charge in [-0.2, -0.15) is 19.2 Å². The van der Waals surface area contributed by atoms with Gasteiger partial charge in [-0.25, -0.2) is 0 Å². The van der Waals surface area contributed by atoms with Crippen LogP contribution in [-0.4, -0.2) is 39.6 Å². The fourth-order valence-electron chi connectivity index (χ4n) is 5.16. The first-order chi connectivity index (χ1) is 17.3. The van der Waals surface area contributed by atoms with Crippen LogP contribution in [0.2, 0.25) is 5.02 Å². The number of carbonyl (C=O) groups excluding carboxylic acids is 5. The highest BCUT2D eigenvalue weighted by Gasteiger charge is 2.45. The summed E-state index contributed by atoms with van der Waals surface area (Å²) in [5, 5.41) is 11.9. The number of phenols is 1. The molecule has 0 bridgehead atoms. The van der Waals surface area contributed by atoms with Gasteiger partial charge in [0, 0.05) is 39.9 Å². The number of nitrogens with zero attached hydrogens (tertiary/aromatic N) is 1. The predicted molar refractivity (Wildman–Crippen MR) is 130 cm³/mol. The Balaban J connectivity index is 0.000000550. The van der Waals surface area contributed by atoms with Crippen LogP contribution in [0, 0.1) is 0 Å². The Morgan fingerprint density at radius 1 is 1.14 bits per heavy atom. The molecular weight excluding hydrogens is 484 g/mol. The number of benzene rings is 2. The Kier molecular flexibility index (Phi) is 8.07. The number of aromatic hydroxyl groups is 1. The zero-order valence-corrected chi connectivity index (χ0v) is 20.4. The Hall–Kier alpha value is -4.22. The molecule has 1 aromatic heterocycles. The van der Waals surface area contributed by atoms with E-state index in [4.69, 9.17) is 30.8 Å². The van der Waals surface area contributed by atoms with Crippen molar-refractivity contribution in [3.63, 3.8) is 0 Å². The monoisotopic (exact) mass is 506 g/mol. The van der Waals surface area contributed by atoms with Crippen molar-refractivity contribution in [1.29, 1.82) is 0 Å². The average Bonchev–Trinajstić information content (AvgIpc) is 3.25. The summed E-state index contributed by atoms with van der Waals surface area (Å²) in [6.07, 6.45) is 6.21. The topological polar surface area (TPSA) is 125 Å². The molecule has 2 aliphatic rings. The van der Waals surface area contributed by atoms with Crippen LogP contribution in [0.3, 0.4) is 0 Å². The van der Waals surface area contributed by atoms with Crippen LogP contribution < -0.4 is 0 Å². The summed E-state index contributed by atoms with van der Waals surface area (Å²) in [6, 6.07) is 13.0. The van der Waals surface area contributed by atoms with Gasteiger partial charge in [0.25, 0.3) is 0 Å². The Bertz CT molecular complexity index is 1430. The molecule has 3 heterocycles. The van der Waals surface area contributed by atoms with E-state index in [-0.39, 0.29) is 34.9 Å². The average molecular weight is 507 g/mol. The molecular formula is C27H23ClN2O6. The minimum Gasteiger partial charge on any atom is -0.507 e. The summed E-state index contributed by atoms with van der Waals surface area (Å²) in [7, 11) is 0. The van der Waals surface area contributed by atoms with Crippen molar-refractivity contribution in [2.75, 3.05) is 6.54 Å². The number of phenolic OH excluding ortho intramolecular Hbond substituents is 1. The first kappa shape index (κ1) is 26.4. The molecule has 5 rings (SSSR count). The number of hydrogen-bond acceptors (Lipinski definition) is 7. The summed E-state index contributed by atoms with van der Waals surface area (Å²) in [5.74, 6) is -0.276. The van der Waals surface area contributed by atoms with Crippen molar-refractivity contribution >= 4 is 40.6 Å². The highest BCUT2D eigenvalue weighted by molar-refractivity contribution is 6.31. The molecule has 9 heteroatoms. The summed E-state index contributed by atoms with van der Waals surface area (Å²) in [5.41, 5.74) is 5.35. The van der Waals surface area contributed by atoms with Crippen LogP contribution in [-0.2, 0) is 31.1 Å². The van der Waals surface area contributed by atoms with Crippen LogP contribution in [0.15, 0.2) is 65.9 Å². The second-order valence-electron chi connectivity index (χ2n) is 8.25. The minimum absolute atomic E-state index is 0.0553. The minimum atomic E-state index is -0.299. The lowest BCUT2D eigenvalue weighted by molar-refractivity contribution is -0.193. The number of aromatic amines is 1. The van der Waals surface area contributed by atoms with E-state index in [1.807, 2.05) is 12.3 Å². The van der Waals surface area contributed by atoms with Crippen molar-refractivity contribution < 1.29 is 29.1 Å². The molecule has 0 saturated heterocycles. The van der Waals surface area contributed by atoms with E-state index in [9.17, 15) is 9.90 Å². The number of fused-ring (bicyclic) bond motifs is 5. The number of para-hydroxylation sites is 1. The third-order valence-corrected chi connectivity index (χ3v) is 6.85. The fourth-order valence-corrected chi connectivity index (χ4v) is 5.34. The van der Waals surface area contributed by atoms with E-state index in [1.165, 1.54) is 28.8 Å². The van der Waals surface area contributed by atoms with Crippen LogP contribution in [0.25, 0.3) is 10.9 Å². The normalized spacial score (nSPS) is 17.5. The van der Waals surface area contributed by atoms with Gasteiger partial charge in [0.05, 0.1) is 5.56 Å². The molecule has 2 aliphatic heterocycles. The maximum absolute atomic E-state index is 13.2. The van der Waals surface area contributed by atoms with Gasteiger partial charge in [0.1, 0.15) is 11.3 Å². The van der Waals surface area contributed by atoms with Crippen LogP contribution >= 0.6 is 11.6 Å². The Morgan fingerprint density at radius 3 is 2.47 bits per heavy atom. The van der Waals surface area contributed by atoms with E-state index < -0.39 is 0 Å². The molecule has 1 atom stereocenters. The van der Waals surface area contributed by atoms with Gasteiger partial charge in [-0.15, -0.1) is 0 Å². The molecule has 0 saturated carbocycles. The zero-order chi connectivity index (χ0) is 26.5. The largest absolute Gasteiger partial charge is 0.507 e. The second kappa shape index (κ2) is 11.0. The molecule has 0 radical (unpaired) electrons. The lowest BCUT2D eigenvalue weighted by Gasteiger charge is -2.49. The van der Waals surface area contributed by atoms with Crippen molar-refractivity contribution in [2.24, 2.45) is 0 Å². The van der Waals surface area contributed by atoms with E-state index in [2.05, 4.69) is 48.0 Å². The zero-order valence-electron chi connectivity index (χ0n) is 19.6. The molecule has 0 fully saturated rings. The maximum atomic E-state index is 13.2. The number of H-pyrrole nitrogens is 1. The number of carbonyl (C=O) groups is 1. The molecule has 2 aromatic carbocycles. The molecule has 36 heavy (non-hydrogen) atoms. The SMILES string of the molecule is CCC12C(C)=CC(C(=O)c3cc(Cl)ccc3O)=CN1CCc1c2[nH]c2ccccc12.O=C=O.O=C=O. The predicted octanol–water partition coefficient (Wildman–Crippen LogP) is 4.55.